The van der Waals surface area contributed by atoms with Crippen LogP contribution in [0.4, 0.5) is 17.5 Å². The fourth-order valence-corrected chi connectivity index (χ4v) is 2.66. The van der Waals surface area contributed by atoms with Gasteiger partial charge in [-0.1, -0.05) is 22.0 Å². The van der Waals surface area contributed by atoms with E-state index in [9.17, 15) is 0 Å². The molecule has 5 nitrogen and oxygen atoms in total. The number of rotatable bonds is 3. The van der Waals surface area contributed by atoms with Crippen molar-refractivity contribution in [2.45, 2.75) is 13.0 Å². The van der Waals surface area contributed by atoms with Gasteiger partial charge >= 0.3 is 0 Å². The third-order valence-electron chi connectivity index (χ3n) is 3.24. The van der Waals surface area contributed by atoms with Crippen molar-refractivity contribution in [3.63, 3.8) is 0 Å². The van der Waals surface area contributed by atoms with Gasteiger partial charge in [0.25, 0.3) is 0 Å². The summed E-state index contributed by atoms with van der Waals surface area (Å²) < 4.78 is 1.04. The summed E-state index contributed by atoms with van der Waals surface area (Å²) in [4.78, 5) is 9.08. The van der Waals surface area contributed by atoms with Gasteiger partial charge in [0.05, 0.1) is 5.69 Å². The minimum absolute atomic E-state index is 0.656. The fraction of sp³-hybridized carbons (Fsp3) is 0.286. The lowest BCUT2D eigenvalue weighted by Gasteiger charge is -2.20. The molecule has 0 atom stereocenters. The summed E-state index contributed by atoms with van der Waals surface area (Å²) in [6, 6.07) is 8.05. The van der Waals surface area contributed by atoms with Crippen LogP contribution in [0.3, 0.4) is 0 Å². The maximum Gasteiger partial charge on any atom is 0.224 e. The van der Waals surface area contributed by atoms with Crippen LogP contribution in [0.5, 0.6) is 0 Å². The second-order valence-electron chi connectivity index (χ2n) is 4.63. The Hall–Kier alpha value is -1.66. The average Bonchev–Trinajstić information content (AvgIpc) is 2.47. The molecule has 3 rings (SSSR count). The van der Waals surface area contributed by atoms with Crippen LogP contribution in [-0.4, -0.2) is 23.6 Å². The molecular weight excluding hydrogens is 318 g/mol. The number of nitrogens with zero attached hydrogens (tertiary/aromatic N) is 2. The van der Waals surface area contributed by atoms with Crippen LogP contribution < -0.4 is 16.0 Å². The highest BCUT2D eigenvalue weighted by molar-refractivity contribution is 9.10. The van der Waals surface area contributed by atoms with Crippen molar-refractivity contribution in [3.05, 3.63) is 40.0 Å². The Bertz CT molecular complexity index is 629. The van der Waals surface area contributed by atoms with Gasteiger partial charge in [-0.05, 0) is 18.2 Å². The van der Waals surface area contributed by atoms with E-state index in [1.54, 1.807) is 0 Å². The molecule has 0 spiro atoms. The molecule has 2 heterocycles. The first-order chi connectivity index (χ1) is 9.76. The number of benzene rings is 1. The third-order valence-corrected chi connectivity index (χ3v) is 3.74. The van der Waals surface area contributed by atoms with E-state index in [1.807, 2.05) is 31.3 Å². The van der Waals surface area contributed by atoms with E-state index < -0.39 is 0 Å². The quantitative estimate of drug-likeness (QED) is 0.806. The summed E-state index contributed by atoms with van der Waals surface area (Å²) in [6.45, 7) is 1.76. The van der Waals surface area contributed by atoms with E-state index in [1.165, 1.54) is 0 Å². The van der Waals surface area contributed by atoms with Crippen molar-refractivity contribution in [2.75, 3.05) is 24.2 Å². The first kappa shape index (κ1) is 13.3. The molecule has 0 unspecified atom stereocenters. The highest BCUT2D eigenvalue weighted by Crippen LogP contribution is 2.26. The van der Waals surface area contributed by atoms with Gasteiger partial charge in [0.15, 0.2) is 0 Å². The third kappa shape index (κ3) is 2.76. The van der Waals surface area contributed by atoms with Crippen LogP contribution in [-0.2, 0) is 13.0 Å². The summed E-state index contributed by atoms with van der Waals surface area (Å²) in [7, 11) is 1.84. The van der Waals surface area contributed by atoms with Crippen LogP contribution in [0.25, 0.3) is 0 Å². The molecule has 1 aromatic carbocycles. The Morgan fingerprint density at radius 3 is 3.00 bits per heavy atom. The van der Waals surface area contributed by atoms with E-state index in [0.717, 1.165) is 46.7 Å². The minimum Gasteiger partial charge on any atom is -0.357 e. The molecule has 2 aromatic rings. The zero-order valence-electron chi connectivity index (χ0n) is 11.2. The van der Waals surface area contributed by atoms with Crippen LogP contribution in [0, 0.1) is 0 Å². The van der Waals surface area contributed by atoms with E-state index >= 15 is 0 Å². The molecule has 0 aliphatic carbocycles. The average molecular weight is 334 g/mol. The van der Waals surface area contributed by atoms with Crippen molar-refractivity contribution in [3.8, 4) is 0 Å². The van der Waals surface area contributed by atoms with E-state index in [-0.39, 0.29) is 0 Å². The number of halogens is 1. The van der Waals surface area contributed by atoms with Gasteiger partial charge in [0.2, 0.25) is 5.95 Å². The Kier molecular flexibility index (Phi) is 3.84. The Morgan fingerprint density at radius 1 is 1.30 bits per heavy atom. The van der Waals surface area contributed by atoms with E-state index in [2.05, 4.69) is 41.8 Å². The van der Waals surface area contributed by atoms with Gasteiger partial charge in [-0.3, -0.25) is 0 Å². The Morgan fingerprint density at radius 2 is 2.20 bits per heavy atom. The van der Waals surface area contributed by atoms with Gasteiger partial charge in [-0.2, -0.15) is 4.98 Å². The van der Waals surface area contributed by atoms with Crippen molar-refractivity contribution in [1.29, 1.82) is 0 Å². The van der Waals surface area contributed by atoms with Gasteiger partial charge < -0.3 is 16.0 Å². The monoisotopic (exact) mass is 333 g/mol. The summed E-state index contributed by atoms with van der Waals surface area (Å²) in [6.07, 6.45) is 0.930. The Balaban J connectivity index is 1.99. The lowest BCUT2D eigenvalue weighted by molar-refractivity contribution is 0.629. The predicted octanol–water partition coefficient (Wildman–Crippen LogP) is 2.67. The minimum atomic E-state index is 0.656. The van der Waals surface area contributed by atoms with E-state index in [4.69, 9.17) is 0 Å². The molecule has 0 bridgehead atoms. The van der Waals surface area contributed by atoms with Crippen molar-refractivity contribution < 1.29 is 0 Å². The molecule has 1 aliphatic heterocycles. The first-order valence-electron chi connectivity index (χ1n) is 6.57. The molecule has 3 N–H and O–H groups in total. The molecule has 20 heavy (non-hydrogen) atoms. The molecule has 1 aromatic heterocycles. The molecule has 6 heteroatoms. The SMILES string of the molecule is CNc1nc2c(c(Nc3cccc(Br)c3)n1)CNCC2. The maximum atomic E-state index is 4.54. The zero-order chi connectivity index (χ0) is 13.9. The number of nitrogens with one attached hydrogen (secondary N) is 3. The molecule has 0 radical (unpaired) electrons. The van der Waals surface area contributed by atoms with Crippen molar-refractivity contribution in [2.24, 2.45) is 0 Å². The summed E-state index contributed by atoms with van der Waals surface area (Å²) in [5.74, 6) is 1.52. The highest BCUT2D eigenvalue weighted by Gasteiger charge is 2.17. The van der Waals surface area contributed by atoms with Crippen LogP contribution in [0.2, 0.25) is 0 Å². The highest BCUT2D eigenvalue weighted by atomic mass is 79.9. The predicted molar refractivity (Wildman–Crippen MR) is 84.4 cm³/mol. The Labute approximate surface area is 126 Å². The second-order valence-corrected chi connectivity index (χ2v) is 5.55. The van der Waals surface area contributed by atoms with Crippen molar-refractivity contribution in [1.82, 2.24) is 15.3 Å². The molecule has 1 aliphatic rings. The fourth-order valence-electron chi connectivity index (χ4n) is 2.26. The summed E-state index contributed by atoms with van der Waals surface area (Å²) >= 11 is 3.48. The van der Waals surface area contributed by atoms with Gasteiger partial charge in [0, 0.05) is 42.3 Å². The lowest BCUT2D eigenvalue weighted by Crippen LogP contribution is -2.26. The second kappa shape index (κ2) is 5.76. The lowest BCUT2D eigenvalue weighted by atomic mass is 10.1. The van der Waals surface area contributed by atoms with E-state index in [0.29, 0.717) is 5.95 Å². The number of fused-ring (bicyclic) bond motifs is 1. The first-order valence-corrected chi connectivity index (χ1v) is 7.36. The molecule has 0 saturated carbocycles. The smallest absolute Gasteiger partial charge is 0.224 e. The number of aromatic nitrogens is 2. The topological polar surface area (TPSA) is 61.9 Å². The summed E-state index contributed by atoms with van der Waals surface area (Å²) in [5.41, 5.74) is 3.27. The van der Waals surface area contributed by atoms with Gasteiger partial charge in [-0.15, -0.1) is 0 Å². The van der Waals surface area contributed by atoms with Crippen LogP contribution in [0.1, 0.15) is 11.3 Å². The number of anilines is 3. The number of hydrogen-bond acceptors (Lipinski definition) is 5. The number of hydrogen-bond donors (Lipinski definition) is 3. The molecule has 0 saturated heterocycles. The normalized spacial score (nSPS) is 13.7. The van der Waals surface area contributed by atoms with Crippen LogP contribution >= 0.6 is 15.9 Å². The molecule has 0 amide bonds. The molecule has 104 valence electrons. The molecule has 0 fully saturated rings. The van der Waals surface area contributed by atoms with Gasteiger partial charge in [0.1, 0.15) is 5.82 Å². The summed E-state index contributed by atoms with van der Waals surface area (Å²) in [5, 5.41) is 9.78. The van der Waals surface area contributed by atoms with Crippen molar-refractivity contribution >= 4 is 33.4 Å². The largest absolute Gasteiger partial charge is 0.357 e. The van der Waals surface area contributed by atoms with Crippen LogP contribution in [0.15, 0.2) is 28.7 Å². The standard InChI is InChI=1S/C14H16BrN5/c1-16-14-19-12-5-6-17-8-11(12)13(20-14)18-10-4-2-3-9(15)7-10/h2-4,7,17H,5-6,8H2,1H3,(H2,16,18,19,20). The zero-order valence-corrected chi connectivity index (χ0v) is 12.8. The van der Waals surface area contributed by atoms with Gasteiger partial charge in [-0.25, -0.2) is 4.98 Å². The molecular formula is C14H16BrN5. The maximum absolute atomic E-state index is 4.54.